The van der Waals surface area contributed by atoms with Gasteiger partial charge in [-0.05, 0) is 47.3 Å². The molecule has 0 fully saturated rings. The Balaban J connectivity index is 1.69. The van der Waals surface area contributed by atoms with Gasteiger partial charge in [0.15, 0.2) is 6.54 Å². The molecule has 5 aromatic rings. The number of nitrogens with one attached hydrogen (secondary N) is 1. The van der Waals surface area contributed by atoms with E-state index in [2.05, 4.69) is 76.3 Å². The van der Waals surface area contributed by atoms with E-state index in [1.54, 1.807) is 7.11 Å². The lowest BCUT2D eigenvalue weighted by Gasteiger charge is -2.17. The first-order valence-electron chi connectivity index (χ1n) is 10.0. The van der Waals surface area contributed by atoms with Gasteiger partial charge in [0.1, 0.15) is 11.4 Å². The van der Waals surface area contributed by atoms with E-state index in [-0.39, 0.29) is 0 Å². The predicted molar refractivity (Wildman–Crippen MR) is 117 cm³/mol. The Morgan fingerprint density at radius 1 is 0.862 bits per heavy atom. The molecule has 0 spiro atoms. The van der Waals surface area contributed by atoms with E-state index in [1.165, 1.54) is 49.9 Å². The van der Waals surface area contributed by atoms with Gasteiger partial charge in [0, 0.05) is 29.0 Å². The Kier molecular flexibility index (Phi) is 3.51. The smallest absolute Gasteiger partial charge is 0.237 e. The highest BCUT2D eigenvalue weighted by Crippen LogP contribution is 2.37. The number of H-pyrrole nitrogens is 1. The number of aryl methyl sites for hydroxylation is 1. The summed E-state index contributed by atoms with van der Waals surface area (Å²) in [5, 5.41) is 3.89. The molecule has 29 heavy (non-hydrogen) atoms. The summed E-state index contributed by atoms with van der Waals surface area (Å²) in [5.41, 5.74) is 7.63. The van der Waals surface area contributed by atoms with Gasteiger partial charge in [0.05, 0.1) is 12.5 Å². The van der Waals surface area contributed by atoms with Crippen molar-refractivity contribution in [1.82, 2.24) is 4.98 Å². The minimum Gasteiger partial charge on any atom is -0.497 e. The van der Waals surface area contributed by atoms with Crippen molar-refractivity contribution in [3.05, 3.63) is 84.4 Å². The van der Waals surface area contributed by atoms with Gasteiger partial charge >= 0.3 is 0 Å². The molecule has 0 saturated heterocycles. The van der Waals surface area contributed by atoms with E-state index in [0.29, 0.717) is 0 Å². The van der Waals surface area contributed by atoms with Crippen LogP contribution in [0.4, 0.5) is 0 Å². The van der Waals surface area contributed by atoms with Crippen LogP contribution in [-0.4, -0.2) is 12.1 Å². The molecule has 0 bridgehead atoms. The van der Waals surface area contributed by atoms with Crippen LogP contribution in [0.2, 0.25) is 0 Å². The molecule has 3 heterocycles. The average Bonchev–Trinajstić information content (AvgIpc) is 3.17. The van der Waals surface area contributed by atoms with E-state index in [0.717, 1.165) is 18.7 Å². The lowest BCUT2D eigenvalue weighted by Crippen LogP contribution is -2.42. The first-order chi connectivity index (χ1) is 14.3. The topological polar surface area (TPSA) is 28.9 Å². The first-order valence-corrected chi connectivity index (χ1v) is 10.0. The lowest BCUT2D eigenvalue weighted by molar-refractivity contribution is -0.675. The average molecular weight is 377 g/mol. The molecule has 6 rings (SSSR count). The number of nitrogens with zero attached hydrogens (tertiary/aromatic N) is 1. The minimum absolute atomic E-state index is 0.881. The minimum atomic E-state index is 0.881. The number of methoxy groups -OCH3 is 1. The molecule has 140 valence electrons. The van der Waals surface area contributed by atoms with E-state index >= 15 is 0 Å². The summed E-state index contributed by atoms with van der Waals surface area (Å²) in [5.74, 6) is 0.881. The van der Waals surface area contributed by atoms with Crippen LogP contribution in [0, 0.1) is 0 Å². The molecule has 0 unspecified atom stereocenters. The standard InChI is InChI=1S/C26H20N2O/c1-29-19-12-10-17(11-13-19)24-16-18-6-2-3-7-20(18)26-25-22(14-15-28(24)26)21-8-4-5-9-23(21)27-25/h2-13,16H,14-15H2,1H3/p+1. The molecular weight excluding hydrogens is 356 g/mol. The largest absolute Gasteiger partial charge is 0.497 e. The molecule has 2 aromatic heterocycles. The van der Waals surface area contributed by atoms with Gasteiger partial charge in [0.25, 0.3) is 0 Å². The number of aromatic nitrogens is 2. The second kappa shape index (κ2) is 6.21. The van der Waals surface area contributed by atoms with Crippen LogP contribution in [0.15, 0.2) is 78.9 Å². The zero-order valence-electron chi connectivity index (χ0n) is 16.3. The number of hydrogen-bond acceptors (Lipinski definition) is 1. The fourth-order valence-corrected chi connectivity index (χ4v) is 4.72. The Morgan fingerprint density at radius 3 is 2.45 bits per heavy atom. The van der Waals surface area contributed by atoms with Crippen LogP contribution >= 0.6 is 0 Å². The van der Waals surface area contributed by atoms with Gasteiger partial charge in [-0.3, -0.25) is 0 Å². The summed E-state index contributed by atoms with van der Waals surface area (Å²) in [4.78, 5) is 3.72. The van der Waals surface area contributed by atoms with Crippen molar-refractivity contribution in [2.45, 2.75) is 13.0 Å². The highest BCUT2D eigenvalue weighted by molar-refractivity contribution is 5.99. The fraction of sp³-hybridized carbons (Fsp3) is 0.115. The third kappa shape index (κ3) is 2.40. The fourth-order valence-electron chi connectivity index (χ4n) is 4.72. The summed E-state index contributed by atoms with van der Waals surface area (Å²) in [6.45, 7) is 0.969. The van der Waals surface area contributed by atoms with Crippen LogP contribution in [0.3, 0.4) is 0 Å². The number of ether oxygens (including phenoxy) is 1. The van der Waals surface area contributed by atoms with Gasteiger partial charge in [-0.25, -0.2) is 0 Å². The number of fused-ring (bicyclic) bond motifs is 7. The van der Waals surface area contributed by atoms with Gasteiger partial charge in [-0.2, -0.15) is 4.57 Å². The molecule has 0 saturated carbocycles. The number of hydrogen-bond donors (Lipinski definition) is 1. The zero-order valence-corrected chi connectivity index (χ0v) is 16.3. The van der Waals surface area contributed by atoms with E-state index in [9.17, 15) is 0 Å². The van der Waals surface area contributed by atoms with Crippen molar-refractivity contribution in [3.8, 4) is 28.4 Å². The number of benzene rings is 3. The predicted octanol–water partition coefficient (Wildman–Crippen LogP) is 5.51. The second-order valence-electron chi connectivity index (χ2n) is 7.62. The van der Waals surface area contributed by atoms with E-state index in [4.69, 9.17) is 4.74 Å². The maximum Gasteiger partial charge on any atom is 0.237 e. The Morgan fingerprint density at radius 2 is 1.62 bits per heavy atom. The summed E-state index contributed by atoms with van der Waals surface area (Å²) in [7, 11) is 1.71. The maximum atomic E-state index is 5.36. The number of pyridine rings is 1. The van der Waals surface area contributed by atoms with Crippen molar-refractivity contribution >= 4 is 21.7 Å². The molecule has 1 aliphatic rings. The van der Waals surface area contributed by atoms with Crippen molar-refractivity contribution in [2.75, 3.05) is 7.11 Å². The highest BCUT2D eigenvalue weighted by Gasteiger charge is 2.31. The van der Waals surface area contributed by atoms with Crippen molar-refractivity contribution in [3.63, 3.8) is 0 Å². The monoisotopic (exact) mass is 377 g/mol. The Labute approximate surface area is 169 Å². The lowest BCUT2D eigenvalue weighted by atomic mass is 9.95. The van der Waals surface area contributed by atoms with Gasteiger partial charge in [0.2, 0.25) is 11.4 Å². The van der Waals surface area contributed by atoms with Crippen LogP contribution in [0.1, 0.15) is 5.56 Å². The number of para-hydroxylation sites is 1. The van der Waals surface area contributed by atoms with Crippen molar-refractivity contribution in [2.24, 2.45) is 0 Å². The van der Waals surface area contributed by atoms with Crippen LogP contribution in [0.5, 0.6) is 5.75 Å². The van der Waals surface area contributed by atoms with Gasteiger partial charge in [-0.1, -0.05) is 36.4 Å². The zero-order chi connectivity index (χ0) is 19.4. The summed E-state index contributed by atoms with van der Waals surface area (Å²) >= 11 is 0. The van der Waals surface area contributed by atoms with Gasteiger partial charge < -0.3 is 9.72 Å². The van der Waals surface area contributed by atoms with E-state index < -0.39 is 0 Å². The quantitative estimate of drug-likeness (QED) is 0.404. The summed E-state index contributed by atoms with van der Waals surface area (Å²) in [6.07, 6.45) is 1.03. The van der Waals surface area contributed by atoms with Crippen LogP contribution < -0.4 is 9.30 Å². The third-order valence-electron chi connectivity index (χ3n) is 6.09. The molecule has 3 nitrogen and oxygen atoms in total. The number of rotatable bonds is 2. The van der Waals surface area contributed by atoms with Gasteiger partial charge in [-0.15, -0.1) is 0 Å². The van der Waals surface area contributed by atoms with Crippen LogP contribution in [-0.2, 0) is 13.0 Å². The molecule has 1 N–H and O–H groups in total. The Hall–Kier alpha value is -3.59. The van der Waals surface area contributed by atoms with Crippen molar-refractivity contribution in [1.29, 1.82) is 0 Å². The molecular formula is C26H21N2O+. The number of aromatic amines is 1. The molecule has 0 radical (unpaired) electrons. The van der Waals surface area contributed by atoms with Crippen molar-refractivity contribution < 1.29 is 9.30 Å². The highest BCUT2D eigenvalue weighted by atomic mass is 16.5. The summed E-state index contributed by atoms with van der Waals surface area (Å²) < 4.78 is 7.83. The second-order valence-corrected chi connectivity index (χ2v) is 7.62. The molecule has 0 aliphatic carbocycles. The molecule has 3 aromatic carbocycles. The van der Waals surface area contributed by atoms with E-state index in [1.807, 2.05) is 12.1 Å². The first kappa shape index (κ1) is 16.4. The SMILES string of the molecule is COc1ccc(-c2cc3ccccc3c3[n+]2CCc2c-3[nH]c3ccccc23)cc1. The summed E-state index contributed by atoms with van der Waals surface area (Å²) in [6, 6.07) is 28.0. The normalized spacial score (nSPS) is 12.7. The molecule has 0 amide bonds. The Bertz CT molecular complexity index is 1380. The van der Waals surface area contributed by atoms with Crippen LogP contribution in [0.25, 0.3) is 44.3 Å². The molecule has 1 aliphatic heterocycles. The maximum absolute atomic E-state index is 5.36. The third-order valence-corrected chi connectivity index (χ3v) is 6.09. The molecule has 3 heteroatoms. The molecule has 0 atom stereocenters.